The van der Waals surface area contributed by atoms with E-state index in [-0.39, 0.29) is 5.92 Å². The normalized spacial score (nSPS) is 12.2. The van der Waals surface area contributed by atoms with Crippen molar-refractivity contribution in [1.29, 1.82) is 0 Å². The molecule has 1 nitrogen and oxygen atoms in total. The van der Waals surface area contributed by atoms with Crippen molar-refractivity contribution in [2.24, 2.45) is 0 Å². The molecule has 4 aromatic rings. The highest BCUT2D eigenvalue weighted by atomic mass is 14.7. The van der Waals surface area contributed by atoms with Gasteiger partial charge >= 0.3 is 0 Å². The van der Waals surface area contributed by atoms with Gasteiger partial charge in [0.15, 0.2) is 0 Å². The Morgan fingerprint density at radius 1 is 0.667 bits per heavy atom. The van der Waals surface area contributed by atoms with Crippen molar-refractivity contribution in [3.8, 4) is 0 Å². The topological polar surface area (TPSA) is 12.9 Å². The Morgan fingerprint density at radius 3 is 1.87 bits per heavy atom. The van der Waals surface area contributed by atoms with Gasteiger partial charge in [0.05, 0.1) is 0 Å². The highest BCUT2D eigenvalue weighted by Gasteiger charge is 2.11. The van der Waals surface area contributed by atoms with Crippen LogP contribution in [0.4, 0.5) is 0 Å². The third kappa shape index (κ3) is 5.33. The largest absolute Gasteiger partial charge is 0.257 e. The van der Waals surface area contributed by atoms with Gasteiger partial charge in [-0.25, -0.2) is 0 Å². The van der Waals surface area contributed by atoms with Gasteiger partial charge in [-0.3, -0.25) is 4.98 Å². The van der Waals surface area contributed by atoms with Gasteiger partial charge in [-0.05, 0) is 34.7 Å². The van der Waals surface area contributed by atoms with Gasteiger partial charge in [0.25, 0.3) is 0 Å². The summed E-state index contributed by atoms with van der Waals surface area (Å²) >= 11 is 0. The predicted octanol–water partition coefficient (Wildman–Crippen LogP) is 7.08. The highest BCUT2D eigenvalue weighted by molar-refractivity contribution is 5.50. The maximum atomic E-state index is 5.13. The summed E-state index contributed by atoms with van der Waals surface area (Å²) in [5, 5.41) is 0. The quantitative estimate of drug-likeness (QED) is 0.329. The van der Waals surface area contributed by atoms with Crippen LogP contribution in [-0.2, 0) is 12.8 Å². The summed E-state index contributed by atoms with van der Waals surface area (Å²) in [6, 6.07) is 36.1. The van der Waals surface area contributed by atoms with Crippen LogP contribution < -0.4 is 0 Å². The van der Waals surface area contributed by atoms with E-state index < -0.39 is 0 Å². The van der Waals surface area contributed by atoms with Crippen molar-refractivity contribution >= 4 is 6.08 Å². The van der Waals surface area contributed by atoms with E-state index in [0.29, 0.717) is 0 Å². The lowest BCUT2D eigenvalue weighted by molar-refractivity contribution is 0.871. The molecule has 3 aromatic carbocycles. The molecule has 148 valence electrons. The molecule has 30 heavy (non-hydrogen) atoms. The van der Waals surface area contributed by atoms with Crippen LogP contribution in [-0.4, -0.2) is 4.98 Å². The second-order valence-corrected chi connectivity index (χ2v) is 7.73. The Kier molecular flexibility index (Phi) is 6.51. The van der Waals surface area contributed by atoms with Crippen molar-refractivity contribution in [2.75, 3.05) is 0 Å². The second-order valence-electron chi connectivity index (χ2n) is 7.73. The molecule has 0 aliphatic carbocycles. The number of aromatic nitrogens is 1. The lowest BCUT2D eigenvalue weighted by atomic mass is 9.97. The highest BCUT2D eigenvalue weighted by Crippen LogP contribution is 2.22. The van der Waals surface area contributed by atoms with Crippen LogP contribution in [0.15, 0.2) is 109 Å². The minimum absolute atomic E-state index is 0.255. The Bertz CT molecular complexity index is 1080. The van der Waals surface area contributed by atoms with Crippen LogP contribution in [0.25, 0.3) is 6.08 Å². The summed E-state index contributed by atoms with van der Waals surface area (Å²) in [5.74, 6) is 0.255. The van der Waals surface area contributed by atoms with Crippen LogP contribution in [0.1, 0.15) is 46.5 Å². The van der Waals surface area contributed by atoms with E-state index in [1.165, 1.54) is 27.9 Å². The number of hydrogen-bond acceptors (Lipinski definition) is 1. The SMILES string of the molecule is CC(C=Cc1ccccc1)c1ccc(Cc2ccccc2)c(Cc2ccccc2)n1. The first-order chi connectivity index (χ1) is 14.8. The van der Waals surface area contributed by atoms with Gasteiger partial charge in [-0.15, -0.1) is 0 Å². The molecule has 1 atom stereocenters. The third-order valence-electron chi connectivity index (χ3n) is 5.39. The molecule has 0 aliphatic heterocycles. The molecule has 0 N–H and O–H groups in total. The summed E-state index contributed by atoms with van der Waals surface area (Å²) in [5.41, 5.74) is 7.41. The molecule has 1 heterocycles. The van der Waals surface area contributed by atoms with E-state index in [1.54, 1.807) is 0 Å². The average molecular weight is 390 g/mol. The minimum Gasteiger partial charge on any atom is -0.257 e. The Labute approximate surface area is 179 Å². The van der Waals surface area contributed by atoms with E-state index in [1.807, 2.05) is 6.07 Å². The molecule has 0 amide bonds. The van der Waals surface area contributed by atoms with Crippen LogP contribution >= 0.6 is 0 Å². The number of benzene rings is 3. The fourth-order valence-electron chi connectivity index (χ4n) is 3.64. The van der Waals surface area contributed by atoms with Crippen molar-refractivity contribution in [1.82, 2.24) is 4.98 Å². The Morgan fingerprint density at radius 2 is 1.23 bits per heavy atom. The molecule has 0 saturated carbocycles. The van der Waals surface area contributed by atoms with Crippen LogP contribution in [0.5, 0.6) is 0 Å². The number of hydrogen-bond donors (Lipinski definition) is 0. The first-order valence-corrected chi connectivity index (χ1v) is 10.6. The molecule has 4 rings (SSSR count). The molecule has 0 fully saturated rings. The van der Waals surface area contributed by atoms with Gasteiger partial charge in [0, 0.05) is 23.7 Å². The van der Waals surface area contributed by atoms with Crippen LogP contribution in [0.2, 0.25) is 0 Å². The van der Waals surface area contributed by atoms with E-state index in [2.05, 4.69) is 116 Å². The molecule has 0 radical (unpaired) electrons. The smallest absolute Gasteiger partial charge is 0.0486 e. The van der Waals surface area contributed by atoms with Gasteiger partial charge in [0.1, 0.15) is 0 Å². The number of pyridine rings is 1. The second kappa shape index (κ2) is 9.84. The van der Waals surface area contributed by atoms with Crippen molar-refractivity contribution in [3.63, 3.8) is 0 Å². The first-order valence-electron chi connectivity index (χ1n) is 10.6. The molecule has 1 unspecified atom stereocenters. The number of allylic oxidation sites excluding steroid dienone is 1. The van der Waals surface area contributed by atoms with E-state index in [0.717, 1.165) is 18.5 Å². The van der Waals surface area contributed by atoms with E-state index >= 15 is 0 Å². The Balaban J connectivity index is 1.62. The lowest BCUT2D eigenvalue weighted by Crippen LogP contribution is -2.05. The molecule has 0 bridgehead atoms. The summed E-state index contributed by atoms with van der Waals surface area (Å²) in [6.45, 7) is 2.21. The van der Waals surface area contributed by atoms with Gasteiger partial charge in [-0.2, -0.15) is 0 Å². The lowest BCUT2D eigenvalue weighted by Gasteiger charge is -2.14. The fourth-order valence-corrected chi connectivity index (χ4v) is 3.64. The summed E-state index contributed by atoms with van der Waals surface area (Å²) < 4.78 is 0. The maximum absolute atomic E-state index is 5.13. The van der Waals surface area contributed by atoms with E-state index in [4.69, 9.17) is 4.98 Å². The van der Waals surface area contributed by atoms with Gasteiger partial charge in [-0.1, -0.05) is 116 Å². The summed E-state index contributed by atoms with van der Waals surface area (Å²) in [4.78, 5) is 5.13. The van der Waals surface area contributed by atoms with Gasteiger partial charge < -0.3 is 0 Å². The molecule has 0 spiro atoms. The third-order valence-corrected chi connectivity index (χ3v) is 5.39. The maximum Gasteiger partial charge on any atom is 0.0486 e. The Hall–Kier alpha value is -3.45. The monoisotopic (exact) mass is 389 g/mol. The molecule has 1 heteroatoms. The summed E-state index contributed by atoms with van der Waals surface area (Å²) in [7, 11) is 0. The van der Waals surface area contributed by atoms with Crippen molar-refractivity contribution in [2.45, 2.75) is 25.7 Å². The zero-order chi connectivity index (χ0) is 20.6. The minimum atomic E-state index is 0.255. The first kappa shape index (κ1) is 19.8. The fraction of sp³-hybridized carbons (Fsp3) is 0.138. The van der Waals surface area contributed by atoms with Crippen LogP contribution in [0.3, 0.4) is 0 Å². The number of nitrogens with zero attached hydrogens (tertiary/aromatic N) is 1. The van der Waals surface area contributed by atoms with E-state index in [9.17, 15) is 0 Å². The number of rotatable bonds is 7. The molecule has 0 saturated heterocycles. The molecule has 1 aromatic heterocycles. The standard InChI is InChI=1S/C29H27N/c1-23(17-18-24-11-5-2-6-12-24)28-20-19-27(21-25-13-7-3-8-14-25)29(30-28)22-26-15-9-4-10-16-26/h2-20,23H,21-22H2,1H3. The van der Waals surface area contributed by atoms with Crippen molar-refractivity contribution < 1.29 is 0 Å². The van der Waals surface area contributed by atoms with Crippen molar-refractivity contribution in [3.05, 3.63) is 143 Å². The molecular formula is C29H27N. The predicted molar refractivity (Wildman–Crippen MR) is 127 cm³/mol. The zero-order valence-corrected chi connectivity index (χ0v) is 17.4. The summed E-state index contributed by atoms with van der Waals surface area (Å²) in [6.07, 6.45) is 6.18. The molecular weight excluding hydrogens is 362 g/mol. The average Bonchev–Trinajstić information content (AvgIpc) is 2.81. The molecule has 0 aliphatic rings. The zero-order valence-electron chi connectivity index (χ0n) is 17.4. The van der Waals surface area contributed by atoms with Gasteiger partial charge in [0.2, 0.25) is 0 Å². The van der Waals surface area contributed by atoms with Crippen LogP contribution in [0, 0.1) is 0 Å².